The van der Waals surface area contributed by atoms with Crippen molar-refractivity contribution in [1.29, 1.82) is 0 Å². The van der Waals surface area contributed by atoms with Crippen molar-refractivity contribution in [2.45, 2.75) is 27.0 Å². The fourth-order valence-electron chi connectivity index (χ4n) is 1.12. The van der Waals surface area contributed by atoms with Gasteiger partial charge in [0.2, 0.25) is 0 Å². The summed E-state index contributed by atoms with van der Waals surface area (Å²) >= 11 is 0. The lowest BCUT2D eigenvalue weighted by atomic mass is 10.4. The van der Waals surface area contributed by atoms with Gasteiger partial charge >= 0.3 is 0 Å². The zero-order valence-electron chi connectivity index (χ0n) is 8.48. The van der Waals surface area contributed by atoms with E-state index >= 15 is 0 Å². The molecule has 1 unspecified atom stereocenters. The molecule has 72 valence electrons. The van der Waals surface area contributed by atoms with E-state index in [0.29, 0.717) is 0 Å². The Morgan fingerprint density at radius 3 is 2.54 bits per heavy atom. The minimum absolute atomic E-state index is 0.0935. The first-order valence-electron chi connectivity index (χ1n) is 4.49. The summed E-state index contributed by atoms with van der Waals surface area (Å²) in [5, 5.41) is 7.49. The smallest absolute Gasteiger partial charge is 0.169 e. The molecule has 1 atom stereocenters. The van der Waals surface area contributed by atoms with Gasteiger partial charge in [-0.1, -0.05) is 13.8 Å². The van der Waals surface area contributed by atoms with Crippen molar-refractivity contribution in [2.75, 3.05) is 11.9 Å². The summed E-state index contributed by atoms with van der Waals surface area (Å²) in [5.74, 6) is 0.815. The number of aromatic nitrogens is 2. The molecule has 1 aromatic heterocycles. The molecule has 1 aliphatic heterocycles. The lowest BCUT2D eigenvalue weighted by Gasteiger charge is -2.14. The molecule has 0 radical (unpaired) electrons. The largest absolute Gasteiger partial charge is 0.467 e. The number of anilines is 1. The van der Waals surface area contributed by atoms with E-state index in [1.807, 2.05) is 32.7 Å². The van der Waals surface area contributed by atoms with Crippen molar-refractivity contribution in [3.63, 3.8) is 0 Å². The van der Waals surface area contributed by atoms with Gasteiger partial charge < -0.3 is 9.64 Å². The summed E-state index contributed by atoms with van der Waals surface area (Å²) in [5.41, 5.74) is 1.01. The monoisotopic (exact) mass is 181 g/mol. The van der Waals surface area contributed by atoms with Gasteiger partial charge in [0.05, 0.1) is 12.4 Å². The predicted molar refractivity (Wildman–Crippen MR) is 51.9 cm³/mol. The second-order valence-electron chi connectivity index (χ2n) is 2.57. The number of hydrogen-bond acceptors (Lipinski definition) is 4. The van der Waals surface area contributed by atoms with Gasteiger partial charge in [0.15, 0.2) is 12.0 Å². The van der Waals surface area contributed by atoms with E-state index in [-0.39, 0.29) is 6.23 Å². The van der Waals surface area contributed by atoms with E-state index < -0.39 is 0 Å². The summed E-state index contributed by atoms with van der Waals surface area (Å²) in [4.78, 5) is 2.02. The topological polar surface area (TPSA) is 38.3 Å². The first kappa shape index (κ1) is 9.77. The average molecular weight is 181 g/mol. The molecule has 4 heteroatoms. The highest BCUT2D eigenvalue weighted by atomic mass is 16.5. The van der Waals surface area contributed by atoms with E-state index in [4.69, 9.17) is 4.74 Å². The van der Waals surface area contributed by atoms with Gasteiger partial charge in [0, 0.05) is 7.05 Å². The summed E-state index contributed by atoms with van der Waals surface area (Å²) in [6.45, 7) is 5.99. The van der Waals surface area contributed by atoms with Crippen LogP contribution in [0, 0.1) is 0 Å². The highest BCUT2D eigenvalue weighted by molar-refractivity contribution is 5.58. The summed E-state index contributed by atoms with van der Waals surface area (Å²) in [7, 11) is 1.97. The fraction of sp³-hybridized carbons (Fsp3) is 0.556. The van der Waals surface area contributed by atoms with Gasteiger partial charge in [0.1, 0.15) is 5.69 Å². The van der Waals surface area contributed by atoms with Gasteiger partial charge in [-0.3, -0.25) is 0 Å². The van der Waals surface area contributed by atoms with Gasteiger partial charge in [-0.25, -0.2) is 0 Å². The van der Waals surface area contributed by atoms with Crippen molar-refractivity contribution >= 4 is 5.69 Å². The molecular formula is C9H15N3O. The molecule has 0 N–H and O–H groups in total. The van der Waals surface area contributed by atoms with Gasteiger partial charge in [-0.05, 0) is 6.92 Å². The van der Waals surface area contributed by atoms with E-state index in [2.05, 4.69) is 10.2 Å². The average Bonchev–Trinajstić information content (AvgIpc) is 2.47. The third kappa shape index (κ3) is 1.71. The fourth-order valence-corrected chi connectivity index (χ4v) is 1.12. The van der Waals surface area contributed by atoms with Gasteiger partial charge in [-0.2, -0.15) is 10.2 Å². The van der Waals surface area contributed by atoms with E-state index in [1.165, 1.54) is 0 Å². The second kappa shape index (κ2) is 4.07. The van der Waals surface area contributed by atoms with Crippen LogP contribution < -0.4 is 9.64 Å². The highest BCUT2D eigenvalue weighted by Gasteiger charge is 2.23. The van der Waals surface area contributed by atoms with Crippen LogP contribution in [0.25, 0.3) is 0 Å². The number of nitrogens with zero attached hydrogens (tertiary/aromatic N) is 3. The first-order valence-corrected chi connectivity index (χ1v) is 4.49. The molecule has 0 fully saturated rings. The van der Waals surface area contributed by atoms with Crippen molar-refractivity contribution in [1.82, 2.24) is 10.2 Å². The van der Waals surface area contributed by atoms with E-state index in [0.717, 1.165) is 11.4 Å². The molecule has 13 heavy (non-hydrogen) atoms. The number of hydrogen-bond donors (Lipinski definition) is 0. The molecular weight excluding hydrogens is 166 g/mol. The molecule has 1 aromatic rings. The van der Waals surface area contributed by atoms with E-state index in [1.54, 1.807) is 12.4 Å². The minimum atomic E-state index is 0.0935. The van der Waals surface area contributed by atoms with Crippen LogP contribution in [0.3, 0.4) is 0 Å². The van der Waals surface area contributed by atoms with Crippen LogP contribution in [0.4, 0.5) is 5.69 Å². The normalized spacial score (nSPS) is 18.5. The molecule has 0 aromatic carbocycles. The third-order valence-corrected chi connectivity index (χ3v) is 1.90. The Balaban J connectivity index is 0.000000396. The van der Waals surface area contributed by atoms with Crippen LogP contribution in [-0.4, -0.2) is 23.5 Å². The molecule has 0 amide bonds. The maximum atomic E-state index is 5.44. The Kier molecular flexibility index (Phi) is 3.06. The Bertz CT molecular complexity index is 277. The van der Waals surface area contributed by atoms with Gasteiger partial charge in [0.25, 0.3) is 0 Å². The van der Waals surface area contributed by atoms with Gasteiger partial charge in [-0.15, -0.1) is 0 Å². The highest BCUT2D eigenvalue weighted by Crippen LogP contribution is 2.33. The Morgan fingerprint density at radius 1 is 1.31 bits per heavy atom. The standard InChI is InChI=1S/C7H9N3O.C2H6/c1-5-10(2)6-3-8-9-4-7(6)11-5;1-2/h3-5H,1-2H3;1-2H3. The molecule has 0 saturated heterocycles. The Labute approximate surface area is 78.5 Å². The van der Waals surface area contributed by atoms with Crippen LogP contribution in [0.5, 0.6) is 5.75 Å². The number of ether oxygens (including phenoxy) is 1. The molecule has 0 spiro atoms. The molecule has 0 bridgehead atoms. The SMILES string of the molecule is CC.CC1Oc2cnncc2N1C. The second-order valence-corrected chi connectivity index (χ2v) is 2.57. The predicted octanol–water partition coefficient (Wildman–Crippen LogP) is 1.68. The van der Waals surface area contributed by atoms with Crippen LogP contribution in [0.1, 0.15) is 20.8 Å². The molecule has 0 saturated carbocycles. The van der Waals surface area contributed by atoms with Crippen molar-refractivity contribution in [3.8, 4) is 5.75 Å². The molecule has 1 aliphatic rings. The molecule has 2 rings (SSSR count). The first-order chi connectivity index (χ1) is 6.29. The molecule has 4 nitrogen and oxygen atoms in total. The zero-order chi connectivity index (χ0) is 9.84. The maximum absolute atomic E-state index is 5.44. The van der Waals surface area contributed by atoms with Crippen LogP contribution in [0.2, 0.25) is 0 Å². The zero-order valence-corrected chi connectivity index (χ0v) is 8.48. The van der Waals surface area contributed by atoms with Crippen LogP contribution in [0.15, 0.2) is 12.4 Å². The maximum Gasteiger partial charge on any atom is 0.169 e. The van der Waals surface area contributed by atoms with Crippen molar-refractivity contribution in [3.05, 3.63) is 12.4 Å². The number of fused-ring (bicyclic) bond motifs is 1. The van der Waals surface area contributed by atoms with E-state index in [9.17, 15) is 0 Å². The van der Waals surface area contributed by atoms with Crippen LogP contribution in [-0.2, 0) is 0 Å². The minimum Gasteiger partial charge on any atom is -0.467 e. The summed E-state index contributed by atoms with van der Waals surface area (Å²) in [6.07, 6.45) is 3.43. The Morgan fingerprint density at radius 2 is 1.92 bits per heavy atom. The summed E-state index contributed by atoms with van der Waals surface area (Å²) < 4.78 is 5.44. The number of rotatable bonds is 0. The molecule has 0 aliphatic carbocycles. The van der Waals surface area contributed by atoms with Crippen molar-refractivity contribution in [2.24, 2.45) is 0 Å². The van der Waals surface area contributed by atoms with Crippen LogP contribution >= 0.6 is 0 Å². The quantitative estimate of drug-likeness (QED) is 0.610. The third-order valence-electron chi connectivity index (χ3n) is 1.90. The molecule has 2 heterocycles. The lowest BCUT2D eigenvalue weighted by Crippen LogP contribution is -2.27. The Hall–Kier alpha value is -1.32. The summed E-state index contributed by atoms with van der Waals surface area (Å²) in [6, 6.07) is 0. The lowest BCUT2D eigenvalue weighted by molar-refractivity contribution is 0.250. The van der Waals surface area contributed by atoms with Crippen molar-refractivity contribution < 1.29 is 4.74 Å².